The van der Waals surface area contributed by atoms with E-state index < -0.39 is 16.5 Å². The average molecular weight is 444 g/mol. The molecule has 0 aliphatic heterocycles. The molecule has 0 radical (unpaired) electrons. The van der Waals surface area contributed by atoms with Crippen molar-refractivity contribution in [3.05, 3.63) is 86.1 Å². The number of halogens is 1. The number of carbonyl (C=O) groups is 1. The lowest BCUT2D eigenvalue weighted by Gasteiger charge is -2.01. The maximum absolute atomic E-state index is 12.3. The van der Waals surface area contributed by atoms with Crippen LogP contribution in [0.1, 0.15) is 21.6 Å². The number of phenolic OH excluding ortho intramolecular Hbond substituents is 1. The zero-order chi connectivity index (χ0) is 20.1. The predicted molar refractivity (Wildman–Crippen MR) is 105 cm³/mol. The predicted octanol–water partition coefficient (Wildman–Crippen LogP) is 3.07. The molecule has 0 spiro atoms. The topological polar surface area (TPSA) is 123 Å². The second-order valence-corrected chi connectivity index (χ2v) is 6.65. The van der Waals surface area contributed by atoms with E-state index in [1.54, 1.807) is 12.1 Å². The van der Waals surface area contributed by atoms with Crippen molar-refractivity contribution in [1.82, 2.24) is 15.2 Å². The largest absolute Gasteiger partial charge is 0.508 e. The Morgan fingerprint density at radius 3 is 2.75 bits per heavy atom. The highest BCUT2D eigenvalue weighted by molar-refractivity contribution is 9.10. The fourth-order valence-electron chi connectivity index (χ4n) is 2.39. The van der Waals surface area contributed by atoms with Gasteiger partial charge < -0.3 is 5.11 Å². The Morgan fingerprint density at radius 2 is 2.07 bits per heavy atom. The highest BCUT2D eigenvalue weighted by Gasteiger charge is 2.25. The van der Waals surface area contributed by atoms with Gasteiger partial charge in [0.25, 0.3) is 5.91 Å². The summed E-state index contributed by atoms with van der Waals surface area (Å²) in [5.74, 6) is -0.754. The van der Waals surface area contributed by atoms with E-state index in [1.165, 1.54) is 29.2 Å². The summed E-state index contributed by atoms with van der Waals surface area (Å²) in [6.45, 7) is 0.272. The number of hydrazone groups is 1. The van der Waals surface area contributed by atoms with E-state index in [-0.39, 0.29) is 18.0 Å². The molecule has 0 bridgehead atoms. The Balaban J connectivity index is 1.76. The standard InChI is InChI=1S/C18H14BrN5O4/c19-14-6-4-12(5-7-14)10-23-11-16(24(27)28)17(22-23)18(26)21-20-9-13-2-1-3-15(25)8-13/h1-9,11,25H,10H2,(H,21,26)/b20-9-. The molecule has 1 amide bonds. The van der Waals surface area contributed by atoms with Crippen LogP contribution < -0.4 is 5.43 Å². The van der Waals surface area contributed by atoms with Crippen LogP contribution in [0.15, 0.2) is 64.3 Å². The molecule has 0 saturated carbocycles. The van der Waals surface area contributed by atoms with Gasteiger partial charge in [0.1, 0.15) is 11.9 Å². The summed E-state index contributed by atoms with van der Waals surface area (Å²) in [4.78, 5) is 22.9. The Labute approximate surface area is 167 Å². The second kappa shape index (κ2) is 8.44. The highest BCUT2D eigenvalue weighted by Crippen LogP contribution is 2.18. The van der Waals surface area contributed by atoms with Crippen molar-refractivity contribution < 1.29 is 14.8 Å². The van der Waals surface area contributed by atoms with Crippen molar-refractivity contribution in [3.8, 4) is 5.75 Å². The maximum Gasteiger partial charge on any atom is 0.320 e. The number of benzene rings is 2. The van der Waals surface area contributed by atoms with Crippen LogP contribution in [0.2, 0.25) is 0 Å². The third kappa shape index (κ3) is 4.80. The normalized spacial score (nSPS) is 10.9. The molecule has 3 aromatic rings. The lowest BCUT2D eigenvalue weighted by Crippen LogP contribution is -2.19. The van der Waals surface area contributed by atoms with Crippen LogP contribution in [0, 0.1) is 10.1 Å². The van der Waals surface area contributed by atoms with Crippen LogP contribution in [0.4, 0.5) is 5.69 Å². The first-order valence-electron chi connectivity index (χ1n) is 8.01. The first kappa shape index (κ1) is 19.2. The van der Waals surface area contributed by atoms with Gasteiger partial charge in [-0.25, -0.2) is 5.43 Å². The van der Waals surface area contributed by atoms with E-state index in [4.69, 9.17) is 0 Å². The quantitative estimate of drug-likeness (QED) is 0.344. The summed E-state index contributed by atoms with van der Waals surface area (Å²) in [7, 11) is 0. The minimum atomic E-state index is -0.808. The number of hydrogen-bond acceptors (Lipinski definition) is 6. The van der Waals surface area contributed by atoms with Gasteiger partial charge in [-0.1, -0.05) is 40.2 Å². The second-order valence-electron chi connectivity index (χ2n) is 5.74. The number of nitrogens with zero attached hydrogens (tertiary/aromatic N) is 4. The molecule has 9 nitrogen and oxygen atoms in total. The van der Waals surface area contributed by atoms with Gasteiger partial charge in [-0.05, 0) is 35.4 Å². The van der Waals surface area contributed by atoms with Gasteiger partial charge in [0.05, 0.1) is 17.7 Å². The lowest BCUT2D eigenvalue weighted by molar-refractivity contribution is -0.385. The molecular weight excluding hydrogens is 430 g/mol. The van der Waals surface area contributed by atoms with Gasteiger partial charge >= 0.3 is 5.69 Å². The molecule has 0 atom stereocenters. The third-order valence-corrected chi connectivity index (χ3v) is 4.19. The Kier molecular flexibility index (Phi) is 5.80. The van der Waals surface area contributed by atoms with Crippen molar-refractivity contribution in [1.29, 1.82) is 0 Å². The number of aromatic nitrogens is 2. The molecule has 0 fully saturated rings. The summed E-state index contributed by atoms with van der Waals surface area (Å²) in [5.41, 5.74) is 2.88. The van der Waals surface area contributed by atoms with Crippen LogP contribution in [0.25, 0.3) is 0 Å². The smallest absolute Gasteiger partial charge is 0.320 e. The molecule has 2 aromatic carbocycles. The number of aromatic hydroxyl groups is 1. The molecule has 0 aliphatic carbocycles. The van der Waals surface area contributed by atoms with Gasteiger partial charge in [0, 0.05) is 4.47 Å². The summed E-state index contributed by atoms with van der Waals surface area (Å²) < 4.78 is 2.24. The van der Waals surface area contributed by atoms with Crippen molar-refractivity contribution in [2.24, 2.45) is 5.10 Å². The monoisotopic (exact) mass is 443 g/mol. The Morgan fingerprint density at radius 1 is 1.32 bits per heavy atom. The van der Waals surface area contributed by atoms with E-state index in [1.807, 2.05) is 24.3 Å². The molecule has 0 saturated heterocycles. The number of hydrogen-bond donors (Lipinski definition) is 2. The van der Waals surface area contributed by atoms with E-state index in [2.05, 4.69) is 31.6 Å². The number of nitrogens with one attached hydrogen (secondary N) is 1. The van der Waals surface area contributed by atoms with Crippen molar-refractivity contribution >= 4 is 33.7 Å². The van der Waals surface area contributed by atoms with Gasteiger partial charge in [0.15, 0.2) is 0 Å². The maximum atomic E-state index is 12.3. The molecule has 2 N–H and O–H groups in total. The molecule has 1 aromatic heterocycles. The molecule has 3 rings (SSSR count). The first-order chi connectivity index (χ1) is 13.4. The summed E-state index contributed by atoms with van der Waals surface area (Å²) in [6.07, 6.45) is 2.51. The summed E-state index contributed by atoms with van der Waals surface area (Å²) >= 11 is 3.34. The van der Waals surface area contributed by atoms with Crippen LogP contribution >= 0.6 is 15.9 Å². The fraction of sp³-hybridized carbons (Fsp3) is 0.0556. The number of amides is 1. The minimum Gasteiger partial charge on any atom is -0.508 e. The summed E-state index contributed by atoms with van der Waals surface area (Å²) in [5, 5.41) is 28.4. The van der Waals surface area contributed by atoms with E-state index in [0.29, 0.717) is 5.56 Å². The van der Waals surface area contributed by atoms with Crippen LogP contribution in [-0.2, 0) is 6.54 Å². The molecule has 142 valence electrons. The van der Waals surface area contributed by atoms with Gasteiger partial charge in [0.2, 0.25) is 5.69 Å². The van der Waals surface area contributed by atoms with Gasteiger partial charge in [-0.2, -0.15) is 10.2 Å². The Bertz CT molecular complexity index is 1050. The third-order valence-electron chi connectivity index (χ3n) is 3.66. The van der Waals surface area contributed by atoms with Crippen LogP contribution in [-0.4, -0.2) is 31.9 Å². The molecule has 0 unspecified atom stereocenters. The number of phenols is 1. The fourth-order valence-corrected chi connectivity index (χ4v) is 2.65. The molecule has 1 heterocycles. The van der Waals surface area contributed by atoms with E-state index in [9.17, 15) is 20.0 Å². The number of carbonyl (C=O) groups excluding carboxylic acids is 1. The van der Waals surface area contributed by atoms with Gasteiger partial charge in [-0.15, -0.1) is 0 Å². The van der Waals surface area contributed by atoms with Crippen LogP contribution in [0.5, 0.6) is 5.75 Å². The van der Waals surface area contributed by atoms with Crippen LogP contribution in [0.3, 0.4) is 0 Å². The molecule has 0 aliphatic rings. The molecule has 28 heavy (non-hydrogen) atoms. The zero-order valence-corrected chi connectivity index (χ0v) is 15.9. The minimum absolute atomic E-state index is 0.0533. The van der Waals surface area contributed by atoms with E-state index in [0.717, 1.165) is 10.0 Å². The molecular formula is C18H14BrN5O4. The van der Waals surface area contributed by atoms with Gasteiger partial charge in [-0.3, -0.25) is 19.6 Å². The Hall–Kier alpha value is -3.53. The number of nitro groups is 1. The molecule has 10 heteroatoms. The summed E-state index contributed by atoms with van der Waals surface area (Å²) in [6, 6.07) is 13.6. The highest BCUT2D eigenvalue weighted by atomic mass is 79.9. The van der Waals surface area contributed by atoms with Crippen molar-refractivity contribution in [2.45, 2.75) is 6.54 Å². The average Bonchev–Trinajstić information content (AvgIpc) is 3.08. The lowest BCUT2D eigenvalue weighted by atomic mass is 10.2. The zero-order valence-electron chi connectivity index (χ0n) is 14.3. The SMILES string of the molecule is O=C(N/N=C\c1cccc(O)c1)c1nn(Cc2ccc(Br)cc2)cc1[N+](=O)[O-]. The van der Waals surface area contributed by atoms with Crippen molar-refractivity contribution in [2.75, 3.05) is 0 Å². The van der Waals surface area contributed by atoms with Crippen molar-refractivity contribution in [3.63, 3.8) is 0 Å². The number of rotatable bonds is 6. The van der Waals surface area contributed by atoms with E-state index >= 15 is 0 Å². The first-order valence-corrected chi connectivity index (χ1v) is 8.80.